The van der Waals surface area contributed by atoms with Crippen LogP contribution in [0.2, 0.25) is 5.02 Å². The number of ether oxygens (including phenoxy) is 1. The van der Waals surface area contributed by atoms with Crippen molar-refractivity contribution in [2.24, 2.45) is 0 Å². The monoisotopic (exact) mass is 468 g/mol. The molecule has 0 fully saturated rings. The Labute approximate surface area is 199 Å². The van der Waals surface area contributed by atoms with Crippen LogP contribution in [-0.4, -0.2) is 46.7 Å². The Morgan fingerprint density at radius 2 is 1.79 bits per heavy atom. The van der Waals surface area contributed by atoms with Gasteiger partial charge in [0.15, 0.2) is 6.61 Å². The Balaban J connectivity index is 1.69. The van der Waals surface area contributed by atoms with E-state index in [9.17, 15) is 9.59 Å². The molecule has 0 bridgehead atoms. The van der Waals surface area contributed by atoms with E-state index < -0.39 is 0 Å². The molecule has 8 heteroatoms. The van der Waals surface area contributed by atoms with Crippen molar-refractivity contribution in [1.29, 1.82) is 0 Å². The molecular formula is C25H29ClN4O3. The number of likely N-dealkylation sites (N-methyl/N-ethyl adjacent to an activating group) is 1. The minimum absolute atomic E-state index is 0.118. The topological polar surface area (TPSA) is 76.5 Å². The molecule has 0 saturated carbocycles. The third-order valence-corrected chi connectivity index (χ3v) is 5.32. The predicted molar refractivity (Wildman–Crippen MR) is 130 cm³/mol. The van der Waals surface area contributed by atoms with E-state index in [1.165, 1.54) is 4.90 Å². The number of rotatable bonds is 7. The first-order valence-corrected chi connectivity index (χ1v) is 11.0. The molecule has 1 heterocycles. The molecule has 2 amide bonds. The number of amides is 2. The van der Waals surface area contributed by atoms with Gasteiger partial charge in [0.05, 0.1) is 17.9 Å². The number of para-hydroxylation sites is 1. The van der Waals surface area contributed by atoms with Gasteiger partial charge in [-0.3, -0.25) is 9.59 Å². The average Bonchev–Trinajstić information content (AvgIpc) is 3.17. The van der Waals surface area contributed by atoms with Crippen LogP contribution in [0.1, 0.15) is 32.0 Å². The number of benzene rings is 2. The van der Waals surface area contributed by atoms with E-state index >= 15 is 0 Å². The van der Waals surface area contributed by atoms with E-state index in [0.29, 0.717) is 16.6 Å². The lowest BCUT2D eigenvalue weighted by Crippen LogP contribution is -2.37. The van der Waals surface area contributed by atoms with Crippen molar-refractivity contribution in [2.45, 2.75) is 33.1 Å². The number of carbonyl (C=O) groups excluding carboxylic acids is 2. The van der Waals surface area contributed by atoms with Gasteiger partial charge >= 0.3 is 0 Å². The summed E-state index contributed by atoms with van der Waals surface area (Å²) < 4.78 is 7.21. The van der Waals surface area contributed by atoms with Gasteiger partial charge in [0, 0.05) is 23.6 Å². The molecule has 0 aliphatic rings. The summed E-state index contributed by atoms with van der Waals surface area (Å²) in [5.41, 5.74) is 2.56. The second kappa shape index (κ2) is 10.1. The lowest BCUT2D eigenvalue weighted by Gasteiger charge is -2.17. The normalized spacial score (nSPS) is 11.2. The number of halogens is 1. The number of carbonyl (C=O) groups is 2. The Bertz CT molecular complexity index is 1130. The van der Waals surface area contributed by atoms with Crippen LogP contribution in [-0.2, 0) is 15.0 Å². The molecule has 0 unspecified atom stereocenters. The second-order valence-electron chi connectivity index (χ2n) is 8.90. The highest BCUT2D eigenvalue weighted by atomic mass is 35.5. The van der Waals surface area contributed by atoms with E-state index in [-0.39, 0.29) is 30.4 Å². The zero-order chi connectivity index (χ0) is 24.2. The highest BCUT2D eigenvalue weighted by Gasteiger charge is 2.23. The van der Waals surface area contributed by atoms with Crippen molar-refractivity contribution in [3.05, 3.63) is 70.9 Å². The highest BCUT2D eigenvalue weighted by Crippen LogP contribution is 2.27. The van der Waals surface area contributed by atoms with Crippen LogP contribution in [0.4, 0.5) is 5.82 Å². The fourth-order valence-electron chi connectivity index (χ4n) is 3.09. The molecule has 174 valence electrons. The lowest BCUT2D eigenvalue weighted by atomic mass is 9.92. The maximum absolute atomic E-state index is 12.8. The molecule has 1 N–H and O–H groups in total. The summed E-state index contributed by atoms with van der Waals surface area (Å²) in [7, 11) is 1.56. The van der Waals surface area contributed by atoms with Crippen LogP contribution in [0.5, 0.6) is 5.75 Å². The molecule has 0 radical (unpaired) electrons. The summed E-state index contributed by atoms with van der Waals surface area (Å²) in [4.78, 5) is 26.5. The number of aryl methyl sites for hydroxylation is 1. The predicted octanol–water partition coefficient (Wildman–Crippen LogP) is 4.61. The maximum atomic E-state index is 12.8. The molecule has 2 aromatic carbocycles. The minimum atomic E-state index is -0.326. The lowest BCUT2D eigenvalue weighted by molar-refractivity contribution is -0.135. The molecule has 33 heavy (non-hydrogen) atoms. The number of nitrogens with zero attached hydrogens (tertiary/aromatic N) is 3. The molecule has 7 nitrogen and oxygen atoms in total. The van der Waals surface area contributed by atoms with Crippen molar-refractivity contribution in [1.82, 2.24) is 14.7 Å². The SMILES string of the molecule is Cc1ccccc1-n1nc(C(C)(C)C)cc1NC(=O)CN(C)C(=O)COc1ccc(Cl)cc1. The summed E-state index contributed by atoms with van der Waals surface area (Å²) in [6.45, 7) is 7.89. The van der Waals surface area contributed by atoms with Crippen LogP contribution in [0.15, 0.2) is 54.6 Å². The maximum Gasteiger partial charge on any atom is 0.260 e. The average molecular weight is 469 g/mol. The van der Waals surface area contributed by atoms with Gasteiger partial charge in [0.2, 0.25) is 5.91 Å². The van der Waals surface area contributed by atoms with E-state index in [1.807, 2.05) is 37.3 Å². The number of hydrogen-bond donors (Lipinski definition) is 1. The van der Waals surface area contributed by atoms with Crippen molar-refractivity contribution >= 4 is 29.2 Å². The number of hydrogen-bond acceptors (Lipinski definition) is 4. The van der Waals surface area contributed by atoms with Gasteiger partial charge in [-0.2, -0.15) is 5.10 Å². The van der Waals surface area contributed by atoms with Crippen molar-refractivity contribution in [3.63, 3.8) is 0 Å². The molecule has 0 saturated heterocycles. The third kappa shape index (κ3) is 6.35. The fourth-order valence-corrected chi connectivity index (χ4v) is 3.22. The van der Waals surface area contributed by atoms with Crippen LogP contribution in [0.25, 0.3) is 5.69 Å². The Morgan fingerprint density at radius 3 is 2.42 bits per heavy atom. The van der Waals surface area contributed by atoms with E-state index in [4.69, 9.17) is 21.4 Å². The molecule has 3 rings (SSSR count). The van der Waals surface area contributed by atoms with Crippen molar-refractivity contribution in [2.75, 3.05) is 25.5 Å². The Kier molecular flexibility index (Phi) is 7.43. The second-order valence-corrected chi connectivity index (χ2v) is 9.34. The van der Waals surface area contributed by atoms with Gasteiger partial charge in [0.1, 0.15) is 11.6 Å². The molecular weight excluding hydrogens is 440 g/mol. The summed E-state index contributed by atoms with van der Waals surface area (Å²) >= 11 is 5.85. The van der Waals surface area contributed by atoms with Crippen molar-refractivity contribution in [3.8, 4) is 11.4 Å². The zero-order valence-electron chi connectivity index (χ0n) is 19.6. The summed E-state index contributed by atoms with van der Waals surface area (Å²) in [6, 6.07) is 16.4. The van der Waals surface area contributed by atoms with E-state index in [2.05, 4.69) is 26.1 Å². The molecule has 0 aliphatic carbocycles. The molecule has 1 aromatic heterocycles. The number of anilines is 1. The van der Waals surface area contributed by atoms with Gasteiger partial charge in [-0.05, 0) is 42.8 Å². The molecule has 0 aliphatic heterocycles. The molecule has 0 spiro atoms. The van der Waals surface area contributed by atoms with Crippen molar-refractivity contribution < 1.29 is 14.3 Å². The first kappa shape index (κ1) is 24.3. The quantitative estimate of drug-likeness (QED) is 0.549. The minimum Gasteiger partial charge on any atom is -0.484 e. The largest absolute Gasteiger partial charge is 0.484 e. The standard InChI is InChI=1S/C25H29ClN4O3/c1-17-8-6-7-9-20(17)30-22(14-21(28-30)25(2,3)4)27-23(31)15-29(5)24(32)16-33-19-12-10-18(26)11-13-19/h6-14H,15-16H2,1-5H3,(H,27,31). The summed E-state index contributed by atoms with van der Waals surface area (Å²) in [5.74, 6) is 0.440. The van der Waals surface area contributed by atoms with Crippen LogP contribution in [0, 0.1) is 6.92 Å². The summed E-state index contributed by atoms with van der Waals surface area (Å²) in [6.07, 6.45) is 0. The van der Waals surface area contributed by atoms with E-state index in [0.717, 1.165) is 16.9 Å². The number of nitrogens with one attached hydrogen (secondary N) is 1. The van der Waals surface area contributed by atoms with Crippen LogP contribution in [0.3, 0.4) is 0 Å². The molecule has 3 aromatic rings. The van der Waals surface area contributed by atoms with Gasteiger partial charge in [-0.15, -0.1) is 0 Å². The first-order chi connectivity index (χ1) is 15.5. The van der Waals surface area contributed by atoms with Gasteiger partial charge in [-0.25, -0.2) is 4.68 Å². The number of aromatic nitrogens is 2. The van der Waals surface area contributed by atoms with E-state index in [1.54, 1.807) is 36.0 Å². The highest BCUT2D eigenvalue weighted by molar-refractivity contribution is 6.30. The molecule has 0 atom stereocenters. The summed E-state index contributed by atoms with van der Waals surface area (Å²) in [5, 5.41) is 8.23. The van der Waals surface area contributed by atoms with Gasteiger partial charge in [0.25, 0.3) is 5.91 Å². The van der Waals surface area contributed by atoms with Gasteiger partial charge in [-0.1, -0.05) is 50.6 Å². The fraction of sp³-hybridized carbons (Fsp3) is 0.320. The van der Waals surface area contributed by atoms with Crippen LogP contribution < -0.4 is 10.1 Å². The third-order valence-electron chi connectivity index (χ3n) is 5.07. The first-order valence-electron chi connectivity index (χ1n) is 10.6. The Hall–Kier alpha value is -3.32. The zero-order valence-corrected chi connectivity index (χ0v) is 20.3. The van der Waals surface area contributed by atoms with Gasteiger partial charge < -0.3 is 15.0 Å². The smallest absolute Gasteiger partial charge is 0.260 e. The van der Waals surface area contributed by atoms with Crippen LogP contribution >= 0.6 is 11.6 Å². The Morgan fingerprint density at radius 1 is 1.12 bits per heavy atom.